The Morgan fingerprint density at radius 1 is 1.21 bits per heavy atom. The van der Waals surface area contributed by atoms with Crippen LogP contribution in [0, 0.1) is 6.92 Å². The molecule has 5 heteroatoms. The summed E-state index contributed by atoms with van der Waals surface area (Å²) in [4.78, 5) is 17.1. The Kier molecular flexibility index (Phi) is 4.90. The summed E-state index contributed by atoms with van der Waals surface area (Å²) in [5.41, 5.74) is 4.07. The molecule has 0 saturated carbocycles. The van der Waals surface area contributed by atoms with Crippen LogP contribution in [0.15, 0.2) is 53.7 Å². The first-order chi connectivity index (χ1) is 11.6. The van der Waals surface area contributed by atoms with Crippen molar-refractivity contribution in [2.24, 2.45) is 0 Å². The fourth-order valence-electron chi connectivity index (χ4n) is 2.54. The first-order valence-electron chi connectivity index (χ1n) is 8.08. The van der Waals surface area contributed by atoms with E-state index < -0.39 is 0 Å². The molecule has 1 N–H and O–H groups in total. The molecule has 1 aromatic heterocycles. The second-order valence-corrected chi connectivity index (χ2v) is 7.05. The number of para-hydroxylation sites is 2. The SMILES string of the molecule is CCn1c(S[C@@H](C)C(=O)Nc2ccc(C)cc2)nc2ccccc21. The second kappa shape index (κ2) is 7.09. The van der Waals surface area contributed by atoms with Crippen LogP contribution in [-0.4, -0.2) is 20.7 Å². The van der Waals surface area contributed by atoms with Gasteiger partial charge in [0.15, 0.2) is 5.16 Å². The van der Waals surface area contributed by atoms with Gasteiger partial charge in [0.25, 0.3) is 0 Å². The summed E-state index contributed by atoms with van der Waals surface area (Å²) >= 11 is 1.49. The van der Waals surface area contributed by atoms with E-state index in [4.69, 9.17) is 0 Å². The monoisotopic (exact) mass is 339 g/mol. The van der Waals surface area contributed by atoms with Crippen LogP contribution in [0.5, 0.6) is 0 Å². The van der Waals surface area contributed by atoms with Gasteiger partial charge in [-0.05, 0) is 45.0 Å². The molecule has 24 heavy (non-hydrogen) atoms. The van der Waals surface area contributed by atoms with Crippen molar-refractivity contribution in [2.75, 3.05) is 5.32 Å². The van der Waals surface area contributed by atoms with Crippen LogP contribution < -0.4 is 5.32 Å². The number of nitrogens with zero attached hydrogens (tertiary/aromatic N) is 2. The number of amides is 1. The standard InChI is InChI=1S/C19H21N3OS/c1-4-22-17-8-6-5-7-16(17)21-19(22)24-14(3)18(23)20-15-11-9-13(2)10-12-15/h5-12,14H,4H2,1-3H3,(H,20,23)/t14-/m0/s1. The average Bonchev–Trinajstić information content (AvgIpc) is 2.93. The maximum Gasteiger partial charge on any atom is 0.237 e. The molecule has 0 spiro atoms. The van der Waals surface area contributed by atoms with E-state index in [1.165, 1.54) is 17.3 Å². The molecule has 0 aliphatic heterocycles. The Balaban J connectivity index is 1.75. The zero-order valence-corrected chi connectivity index (χ0v) is 14.9. The van der Waals surface area contributed by atoms with Crippen LogP contribution in [-0.2, 0) is 11.3 Å². The van der Waals surface area contributed by atoms with Crippen LogP contribution in [0.25, 0.3) is 11.0 Å². The predicted molar refractivity (Wildman–Crippen MR) is 101 cm³/mol. The Bertz CT molecular complexity index is 855. The fraction of sp³-hybridized carbons (Fsp3) is 0.263. The molecule has 3 aromatic rings. The molecule has 2 aromatic carbocycles. The molecule has 124 valence electrons. The Hall–Kier alpha value is -2.27. The highest BCUT2D eigenvalue weighted by atomic mass is 32.2. The van der Waals surface area contributed by atoms with Gasteiger partial charge in [-0.2, -0.15) is 0 Å². The van der Waals surface area contributed by atoms with Crippen molar-refractivity contribution in [1.29, 1.82) is 0 Å². The summed E-state index contributed by atoms with van der Waals surface area (Å²) < 4.78 is 2.15. The maximum absolute atomic E-state index is 12.4. The lowest BCUT2D eigenvalue weighted by Gasteiger charge is -2.12. The molecule has 1 heterocycles. The number of hydrogen-bond acceptors (Lipinski definition) is 3. The van der Waals surface area contributed by atoms with Gasteiger partial charge in [0.2, 0.25) is 5.91 Å². The van der Waals surface area contributed by atoms with Crippen molar-refractivity contribution < 1.29 is 4.79 Å². The molecule has 0 saturated heterocycles. The van der Waals surface area contributed by atoms with Gasteiger partial charge in [-0.15, -0.1) is 0 Å². The number of hydrogen-bond donors (Lipinski definition) is 1. The molecular weight excluding hydrogens is 318 g/mol. The van der Waals surface area contributed by atoms with E-state index in [2.05, 4.69) is 27.9 Å². The lowest BCUT2D eigenvalue weighted by molar-refractivity contribution is -0.115. The quantitative estimate of drug-likeness (QED) is 0.697. The third-order valence-corrected chi connectivity index (χ3v) is 5.00. The minimum atomic E-state index is -0.228. The number of fused-ring (bicyclic) bond motifs is 1. The molecule has 0 bridgehead atoms. The number of imidazole rings is 1. The zero-order chi connectivity index (χ0) is 17.1. The molecule has 0 unspecified atom stereocenters. The van der Waals surface area contributed by atoms with Crippen molar-refractivity contribution in [1.82, 2.24) is 9.55 Å². The third-order valence-electron chi connectivity index (χ3n) is 3.91. The maximum atomic E-state index is 12.4. The van der Waals surface area contributed by atoms with E-state index in [1.807, 2.05) is 56.3 Å². The van der Waals surface area contributed by atoms with Crippen LogP contribution >= 0.6 is 11.8 Å². The summed E-state index contributed by atoms with van der Waals surface area (Å²) in [6, 6.07) is 15.9. The van der Waals surface area contributed by atoms with Crippen LogP contribution in [0.1, 0.15) is 19.4 Å². The van der Waals surface area contributed by atoms with Gasteiger partial charge in [-0.3, -0.25) is 4.79 Å². The van der Waals surface area contributed by atoms with Gasteiger partial charge in [0.05, 0.1) is 16.3 Å². The first kappa shape index (κ1) is 16.6. The molecule has 3 rings (SSSR count). The smallest absolute Gasteiger partial charge is 0.237 e. The minimum Gasteiger partial charge on any atom is -0.325 e. The summed E-state index contributed by atoms with van der Waals surface area (Å²) in [5, 5.41) is 3.62. The van der Waals surface area contributed by atoms with Crippen LogP contribution in [0.2, 0.25) is 0 Å². The lowest BCUT2D eigenvalue weighted by Crippen LogP contribution is -2.22. The largest absolute Gasteiger partial charge is 0.325 e. The number of anilines is 1. The van der Waals surface area contributed by atoms with Crippen molar-refractivity contribution in [3.63, 3.8) is 0 Å². The van der Waals surface area contributed by atoms with Gasteiger partial charge < -0.3 is 9.88 Å². The highest BCUT2D eigenvalue weighted by molar-refractivity contribution is 8.00. The van der Waals surface area contributed by atoms with Crippen molar-refractivity contribution in [3.05, 3.63) is 54.1 Å². The number of rotatable bonds is 5. The molecule has 1 atom stereocenters. The topological polar surface area (TPSA) is 46.9 Å². The molecule has 1 amide bonds. The fourth-order valence-corrected chi connectivity index (χ4v) is 3.53. The Labute approximate surface area is 146 Å². The van der Waals surface area contributed by atoms with E-state index in [0.29, 0.717) is 0 Å². The Morgan fingerprint density at radius 2 is 1.92 bits per heavy atom. The highest BCUT2D eigenvalue weighted by Crippen LogP contribution is 2.27. The van der Waals surface area contributed by atoms with Crippen LogP contribution in [0.4, 0.5) is 5.69 Å². The number of nitrogens with one attached hydrogen (secondary N) is 1. The zero-order valence-electron chi connectivity index (χ0n) is 14.1. The Morgan fingerprint density at radius 3 is 2.62 bits per heavy atom. The van der Waals surface area contributed by atoms with E-state index >= 15 is 0 Å². The van der Waals surface area contributed by atoms with E-state index in [1.54, 1.807) is 0 Å². The van der Waals surface area contributed by atoms with Crippen LogP contribution in [0.3, 0.4) is 0 Å². The number of carbonyl (C=O) groups is 1. The van der Waals surface area contributed by atoms with Crippen molar-refractivity contribution in [3.8, 4) is 0 Å². The number of aryl methyl sites for hydroxylation is 2. The van der Waals surface area contributed by atoms with Crippen molar-refractivity contribution >= 4 is 34.4 Å². The van der Waals surface area contributed by atoms with Gasteiger partial charge in [-0.1, -0.05) is 41.6 Å². The van der Waals surface area contributed by atoms with E-state index in [0.717, 1.165) is 28.4 Å². The van der Waals surface area contributed by atoms with Crippen molar-refractivity contribution in [2.45, 2.75) is 37.7 Å². The summed E-state index contributed by atoms with van der Waals surface area (Å²) in [5.74, 6) is -0.0152. The molecule has 0 radical (unpaired) electrons. The number of aromatic nitrogens is 2. The summed E-state index contributed by atoms with van der Waals surface area (Å²) in [6.45, 7) is 6.86. The van der Waals surface area contributed by atoms with Gasteiger partial charge >= 0.3 is 0 Å². The molecule has 0 aliphatic rings. The molecule has 0 fully saturated rings. The van der Waals surface area contributed by atoms with Gasteiger partial charge in [0.1, 0.15) is 0 Å². The predicted octanol–water partition coefficient (Wildman–Crippen LogP) is 4.48. The molecule has 0 aliphatic carbocycles. The number of thioether (sulfide) groups is 1. The summed E-state index contributed by atoms with van der Waals surface area (Å²) in [7, 11) is 0. The third kappa shape index (κ3) is 3.46. The number of benzene rings is 2. The second-order valence-electron chi connectivity index (χ2n) is 5.74. The van der Waals surface area contributed by atoms with E-state index in [9.17, 15) is 4.79 Å². The van der Waals surface area contributed by atoms with Gasteiger partial charge in [0, 0.05) is 12.2 Å². The first-order valence-corrected chi connectivity index (χ1v) is 8.96. The summed E-state index contributed by atoms with van der Waals surface area (Å²) in [6.07, 6.45) is 0. The normalized spacial score (nSPS) is 12.3. The lowest BCUT2D eigenvalue weighted by atomic mass is 10.2. The highest BCUT2D eigenvalue weighted by Gasteiger charge is 2.19. The van der Waals surface area contributed by atoms with E-state index in [-0.39, 0.29) is 11.2 Å². The molecule has 4 nitrogen and oxygen atoms in total. The average molecular weight is 339 g/mol. The molecular formula is C19H21N3OS. The number of carbonyl (C=O) groups excluding carboxylic acids is 1. The minimum absolute atomic E-state index is 0.0152. The van der Waals surface area contributed by atoms with Gasteiger partial charge in [-0.25, -0.2) is 4.98 Å².